The van der Waals surface area contributed by atoms with Gasteiger partial charge in [0.05, 0.1) is 6.10 Å². The van der Waals surface area contributed by atoms with Crippen molar-refractivity contribution < 1.29 is 14.2 Å². The zero-order valence-electron chi connectivity index (χ0n) is 16.6. The molecule has 26 heavy (non-hydrogen) atoms. The molecule has 3 nitrogen and oxygen atoms in total. The molecule has 146 valence electrons. The lowest BCUT2D eigenvalue weighted by Crippen LogP contribution is -2.41. The van der Waals surface area contributed by atoms with Crippen LogP contribution in [0.15, 0.2) is 30.3 Å². The summed E-state index contributed by atoms with van der Waals surface area (Å²) in [6, 6.07) is 9.49. The first-order chi connectivity index (χ1) is 12.4. The predicted octanol–water partition coefficient (Wildman–Crippen LogP) is 5.72. The highest BCUT2D eigenvalue weighted by atomic mass is 31.2. The third-order valence-electron chi connectivity index (χ3n) is 6.54. The molecule has 0 heterocycles. The summed E-state index contributed by atoms with van der Waals surface area (Å²) >= 11 is 0. The molecule has 1 aromatic rings. The van der Waals surface area contributed by atoms with E-state index in [4.69, 9.17) is 4.52 Å². The second-order valence-corrected chi connectivity index (χ2v) is 11.6. The van der Waals surface area contributed by atoms with Gasteiger partial charge in [-0.1, -0.05) is 51.8 Å². The molecule has 0 amide bonds. The minimum atomic E-state index is -3.38. The highest BCUT2D eigenvalue weighted by Crippen LogP contribution is 2.64. The summed E-state index contributed by atoms with van der Waals surface area (Å²) < 4.78 is 20.9. The summed E-state index contributed by atoms with van der Waals surface area (Å²) in [6.07, 6.45) is 7.34. The first kappa shape index (κ1) is 20.1. The van der Waals surface area contributed by atoms with Crippen LogP contribution in [0.2, 0.25) is 0 Å². The Labute approximate surface area is 159 Å². The van der Waals surface area contributed by atoms with E-state index in [1.807, 2.05) is 30.3 Å². The largest absolute Gasteiger partial charge is 0.379 e. The lowest BCUT2D eigenvalue weighted by atomic mass is 9.75. The molecule has 2 aliphatic carbocycles. The van der Waals surface area contributed by atoms with Crippen LogP contribution in [0.1, 0.15) is 72.1 Å². The third-order valence-corrected chi connectivity index (χ3v) is 9.63. The minimum Gasteiger partial charge on any atom is -0.379 e. The zero-order valence-corrected chi connectivity index (χ0v) is 17.5. The summed E-state index contributed by atoms with van der Waals surface area (Å²) in [5.41, 5.74) is 0. The fourth-order valence-corrected chi connectivity index (χ4v) is 7.75. The van der Waals surface area contributed by atoms with Gasteiger partial charge in [-0.2, -0.15) is 0 Å². The predicted molar refractivity (Wildman–Crippen MR) is 108 cm³/mol. The van der Waals surface area contributed by atoms with Crippen molar-refractivity contribution in [3.05, 3.63) is 30.3 Å². The molecule has 0 aliphatic heterocycles. The van der Waals surface area contributed by atoms with Crippen molar-refractivity contribution in [2.45, 2.75) is 83.6 Å². The van der Waals surface area contributed by atoms with Crippen LogP contribution in [0, 0.1) is 17.8 Å². The van der Waals surface area contributed by atoms with Gasteiger partial charge in [-0.25, -0.2) is 0 Å². The highest BCUT2D eigenvalue weighted by Gasteiger charge is 2.52. The van der Waals surface area contributed by atoms with Crippen LogP contribution in [0.25, 0.3) is 0 Å². The molecule has 0 bridgehead atoms. The maximum absolute atomic E-state index is 14.4. The van der Waals surface area contributed by atoms with Crippen LogP contribution >= 0.6 is 7.37 Å². The molecule has 2 aliphatic rings. The normalized spacial score (nSPS) is 31.5. The summed E-state index contributed by atoms with van der Waals surface area (Å²) in [5, 5.41) is 10.9. The molecule has 0 unspecified atom stereocenters. The lowest BCUT2D eigenvalue weighted by molar-refractivity contribution is 0.0177. The van der Waals surface area contributed by atoms with Gasteiger partial charge >= 0.3 is 0 Å². The molecule has 1 N–H and O–H groups in total. The number of benzene rings is 1. The van der Waals surface area contributed by atoms with Gasteiger partial charge in [0.25, 0.3) is 7.37 Å². The Morgan fingerprint density at radius 3 is 2.38 bits per heavy atom. The van der Waals surface area contributed by atoms with E-state index in [0.29, 0.717) is 35.9 Å². The minimum absolute atomic E-state index is 0.0317. The molecule has 2 fully saturated rings. The Kier molecular flexibility index (Phi) is 6.32. The highest BCUT2D eigenvalue weighted by molar-refractivity contribution is 7.68. The first-order valence-electron chi connectivity index (χ1n) is 10.4. The molecule has 1 aromatic carbocycles. The van der Waals surface area contributed by atoms with Crippen molar-refractivity contribution in [1.29, 1.82) is 0 Å². The van der Waals surface area contributed by atoms with Gasteiger partial charge in [-0.15, -0.1) is 0 Å². The van der Waals surface area contributed by atoms with E-state index in [1.54, 1.807) is 0 Å². The Bertz CT molecular complexity index is 622. The average Bonchev–Trinajstić information content (AvgIpc) is 2.62. The van der Waals surface area contributed by atoms with Gasteiger partial charge in [0.2, 0.25) is 0 Å². The van der Waals surface area contributed by atoms with E-state index in [9.17, 15) is 9.67 Å². The monoisotopic (exact) mass is 378 g/mol. The number of rotatable bonds is 5. The van der Waals surface area contributed by atoms with Gasteiger partial charge in [0.15, 0.2) is 0 Å². The Hall–Kier alpha value is -0.630. The molecule has 0 radical (unpaired) electrons. The second-order valence-electron chi connectivity index (χ2n) is 8.90. The van der Waals surface area contributed by atoms with E-state index in [0.717, 1.165) is 32.1 Å². The number of hydrogen-bond acceptors (Lipinski definition) is 3. The smallest absolute Gasteiger partial charge is 0.262 e. The standard InChI is InChI=1S/C22H35O3P/c1-17(2)20-13-12-18(3)16-21(20)25-26(24,19-10-6-4-7-11-19)22(23)14-8-5-9-15-22/h4,6-7,10-11,17-18,20-21,23H,5,8-9,12-16H2,1-3H3/t18-,20+,21-,26+/m1/s1. The molecular formula is C22H35O3P. The van der Waals surface area contributed by atoms with E-state index in [1.165, 1.54) is 6.42 Å². The lowest BCUT2D eigenvalue weighted by Gasteiger charge is -2.44. The van der Waals surface area contributed by atoms with E-state index >= 15 is 0 Å². The summed E-state index contributed by atoms with van der Waals surface area (Å²) in [4.78, 5) is 0. The SMILES string of the molecule is CC(C)[C@@H]1CC[C@@H](C)C[C@H]1O[P@@](=O)(c1ccccc1)C1(O)CCCCC1. The Morgan fingerprint density at radius 1 is 1.12 bits per heavy atom. The maximum atomic E-state index is 14.4. The first-order valence-corrected chi connectivity index (χ1v) is 12.0. The molecule has 0 spiro atoms. The number of aliphatic hydroxyl groups is 1. The van der Waals surface area contributed by atoms with Gasteiger partial charge in [-0.05, 0) is 68.4 Å². The zero-order chi connectivity index (χ0) is 18.8. The van der Waals surface area contributed by atoms with Crippen LogP contribution in [0.5, 0.6) is 0 Å². The average molecular weight is 378 g/mol. The van der Waals surface area contributed by atoms with Gasteiger partial charge < -0.3 is 9.63 Å². The van der Waals surface area contributed by atoms with Crippen LogP contribution in [0.4, 0.5) is 0 Å². The molecule has 3 rings (SSSR count). The van der Waals surface area contributed by atoms with Gasteiger partial charge in [0.1, 0.15) is 5.34 Å². The second kappa shape index (κ2) is 8.17. The van der Waals surface area contributed by atoms with E-state index in [-0.39, 0.29) is 6.10 Å². The molecular weight excluding hydrogens is 343 g/mol. The summed E-state index contributed by atoms with van der Waals surface area (Å²) in [5.74, 6) is 1.49. The molecule has 2 saturated carbocycles. The van der Waals surface area contributed by atoms with Crippen molar-refractivity contribution in [2.75, 3.05) is 0 Å². The van der Waals surface area contributed by atoms with Crippen molar-refractivity contribution in [3.8, 4) is 0 Å². The quantitative estimate of drug-likeness (QED) is 0.667. The van der Waals surface area contributed by atoms with Crippen molar-refractivity contribution in [1.82, 2.24) is 0 Å². The van der Waals surface area contributed by atoms with Crippen LogP contribution in [0.3, 0.4) is 0 Å². The van der Waals surface area contributed by atoms with Crippen molar-refractivity contribution >= 4 is 12.7 Å². The summed E-state index contributed by atoms with van der Waals surface area (Å²) in [6.45, 7) is 6.73. The van der Waals surface area contributed by atoms with Gasteiger partial charge in [-0.3, -0.25) is 4.57 Å². The summed E-state index contributed by atoms with van der Waals surface area (Å²) in [7, 11) is -3.38. The van der Waals surface area contributed by atoms with Crippen LogP contribution in [-0.2, 0) is 9.09 Å². The van der Waals surface area contributed by atoms with E-state index < -0.39 is 12.7 Å². The Morgan fingerprint density at radius 2 is 1.77 bits per heavy atom. The van der Waals surface area contributed by atoms with Crippen LogP contribution in [-0.4, -0.2) is 16.6 Å². The van der Waals surface area contributed by atoms with Gasteiger partial charge in [0, 0.05) is 5.30 Å². The topological polar surface area (TPSA) is 46.5 Å². The van der Waals surface area contributed by atoms with Crippen molar-refractivity contribution in [2.24, 2.45) is 17.8 Å². The number of hydrogen-bond donors (Lipinski definition) is 1. The Balaban J connectivity index is 1.97. The maximum Gasteiger partial charge on any atom is 0.262 e. The fourth-order valence-electron chi connectivity index (χ4n) is 4.86. The van der Waals surface area contributed by atoms with Crippen LogP contribution < -0.4 is 5.30 Å². The van der Waals surface area contributed by atoms with Crippen molar-refractivity contribution in [3.63, 3.8) is 0 Å². The van der Waals surface area contributed by atoms with E-state index in [2.05, 4.69) is 20.8 Å². The fraction of sp³-hybridized carbons (Fsp3) is 0.727. The molecule has 4 atom stereocenters. The molecule has 0 saturated heterocycles. The molecule has 0 aromatic heterocycles. The third kappa shape index (κ3) is 3.96. The molecule has 4 heteroatoms.